The molecule has 1 aromatic rings. The highest BCUT2D eigenvalue weighted by Crippen LogP contribution is 2.25. The zero-order valence-corrected chi connectivity index (χ0v) is 14.2. The van der Waals surface area contributed by atoms with Crippen molar-refractivity contribution in [2.75, 3.05) is 33.4 Å². The van der Waals surface area contributed by atoms with E-state index < -0.39 is 0 Å². The van der Waals surface area contributed by atoms with Crippen molar-refractivity contribution in [1.82, 2.24) is 10.6 Å². The van der Waals surface area contributed by atoms with Crippen LogP contribution in [0.15, 0.2) is 24.3 Å². The summed E-state index contributed by atoms with van der Waals surface area (Å²) in [5.74, 6) is 0.0164. The molecule has 0 radical (unpaired) electrons. The molecule has 0 aliphatic heterocycles. The molecule has 4 nitrogen and oxygen atoms in total. The van der Waals surface area contributed by atoms with Gasteiger partial charge in [0.15, 0.2) is 0 Å². The summed E-state index contributed by atoms with van der Waals surface area (Å²) in [6.45, 7) is 8.65. The number of methoxy groups -OCH3 is 1. The summed E-state index contributed by atoms with van der Waals surface area (Å²) in [5, 5.41) is 6.02. The third kappa shape index (κ3) is 6.93. The van der Waals surface area contributed by atoms with Gasteiger partial charge in [-0.25, -0.2) is 0 Å². The van der Waals surface area contributed by atoms with Crippen molar-refractivity contribution in [2.45, 2.75) is 26.2 Å². The average molecular weight is 315 g/mol. The Kier molecular flexibility index (Phi) is 9.26. The molecule has 1 amide bonds. The van der Waals surface area contributed by atoms with Gasteiger partial charge in [0, 0.05) is 25.6 Å². The van der Waals surface area contributed by atoms with Crippen LogP contribution in [0.5, 0.6) is 0 Å². The molecular formula is C16H27ClN2O2. The first-order valence-electron chi connectivity index (χ1n) is 7.00. The van der Waals surface area contributed by atoms with Crippen LogP contribution in [0.25, 0.3) is 0 Å². The molecule has 0 aliphatic carbocycles. The maximum absolute atomic E-state index is 11.8. The van der Waals surface area contributed by atoms with Gasteiger partial charge < -0.3 is 15.4 Å². The van der Waals surface area contributed by atoms with Crippen LogP contribution in [-0.4, -0.2) is 39.3 Å². The smallest absolute Gasteiger partial charge is 0.233 e. The molecule has 0 unspecified atom stereocenters. The molecule has 5 heteroatoms. The minimum absolute atomic E-state index is 0. The van der Waals surface area contributed by atoms with Crippen LogP contribution in [-0.2, 0) is 14.9 Å². The van der Waals surface area contributed by atoms with Crippen molar-refractivity contribution >= 4 is 18.3 Å². The van der Waals surface area contributed by atoms with Crippen molar-refractivity contribution in [2.24, 2.45) is 0 Å². The van der Waals surface area contributed by atoms with Crippen LogP contribution in [0.2, 0.25) is 0 Å². The van der Waals surface area contributed by atoms with E-state index in [4.69, 9.17) is 4.74 Å². The normalized spacial score (nSPS) is 10.9. The Morgan fingerprint density at radius 3 is 2.57 bits per heavy atom. The highest BCUT2D eigenvalue weighted by Gasteiger charge is 2.22. The lowest BCUT2D eigenvalue weighted by atomic mass is 9.82. The van der Waals surface area contributed by atoms with E-state index in [1.165, 1.54) is 11.1 Å². The summed E-state index contributed by atoms with van der Waals surface area (Å²) in [7, 11) is 1.65. The number of hydrogen-bond donors (Lipinski definition) is 2. The number of benzene rings is 1. The fourth-order valence-electron chi connectivity index (χ4n) is 2.19. The Balaban J connectivity index is 0.00000400. The molecular weight excluding hydrogens is 288 g/mol. The molecule has 0 fully saturated rings. The number of hydrogen-bond acceptors (Lipinski definition) is 3. The SMILES string of the molecule is COCCNCC(=O)NCC(C)(C)c1ccccc1C.Cl. The highest BCUT2D eigenvalue weighted by atomic mass is 35.5. The summed E-state index contributed by atoms with van der Waals surface area (Å²) in [6, 6.07) is 8.30. The molecule has 0 spiro atoms. The Labute approximate surface area is 134 Å². The lowest BCUT2D eigenvalue weighted by molar-refractivity contribution is -0.120. The quantitative estimate of drug-likeness (QED) is 0.722. The van der Waals surface area contributed by atoms with Gasteiger partial charge in [0.05, 0.1) is 13.2 Å². The average Bonchev–Trinajstić information content (AvgIpc) is 2.42. The Morgan fingerprint density at radius 1 is 1.29 bits per heavy atom. The highest BCUT2D eigenvalue weighted by molar-refractivity contribution is 5.85. The van der Waals surface area contributed by atoms with Gasteiger partial charge in [-0.05, 0) is 18.1 Å². The first-order chi connectivity index (χ1) is 9.47. The van der Waals surface area contributed by atoms with E-state index in [2.05, 4.69) is 43.5 Å². The van der Waals surface area contributed by atoms with Crippen molar-refractivity contribution in [3.63, 3.8) is 0 Å². The molecule has 21 heavy (non-hydrogen) atoms. The fraction of sp³-hybridized carbons (Fsp3) is 0.562. The van der Waals surface area contributed by atoms with E-state index in [1.807, 2.05) is 12.1 Å². The molecule has 120 valence electrons. The Hall–Kier alpha value is -1.10. The van der Waals surface area contributed by atoms with Crippen molar-refractivity contribution in [3.05, 3.63) is 35.4 Å². The predicted molar refractivity (Wildman–Crippen MR) is 89.2 cm³/mol. The number of carbonyl (C=O) groups excluding carboxylic acids is 1. The van der Waals surface area contributed by atoms with Crippen LogP contribution in [0.4, 0.5) is 0 Å². The molecule has 0 aliphatic rings. The third-order valence-electron chi connectivity index (χ3n) is 3.37. The standard InChI is InChI=1S/C16H26N2O2.ClH/c1-13-7-5-6-8-14(13)16(2,3)12-18-15(19)11-17-9-10-20-4;/h5-8,17H,9-12H2,1-4H3,(H,18,19);1H. The molecule has 1 rings (SSSR count). The largest absolute Gasteiger partial charge is 0.383 e. The monoisotopic (exact) mass is 314 g/mol. The summed E-state index contributed by atoms with van der Waals surface area (Å²) < 4.78 is 4.91. The zero-order chi connectivity index (χ0) is 15.0. The number of aryl methyl sites for hydroxylation is 1. The summed E-state index contributed by atoms with van der Waals surface area (Å²) in [4.78, 5) is 11.8. The van der Waals surface area contributed by atoms with Crippen molar-refractivity contribution in [3.8, 4) is 0 Å². The molecule has 0 saturated heterocycles. The van der Waals surface area contributed by atoms with Crippen molar-refractivity contribution < 1.29 is 9.53 Å². The van der Waals surface area contributed by atoms with Gasteiger partial charge in [0.2, 0.25) is 5.91 Å². The van der Waals surface area contributed by atoms with Crippen LogP contribution < -0.4 is 10.6 Å². The summed E-state index contributed by atoms with van der Waals surface area (Å²) >= 11 is 0. The Morgan fingerprint density at radius 2 is 1.95 bits per heavy atom. The van der Waals surface area contributed by atoms with Crippen LogP contribution in [0.1, 0.15) is 25.0 Å². The predicted octanol–water partition coefficient (Wildman–Crippen LogP) is 2.05. The second-order valence-electron chi connectivity index (χ2n) is 5.65. The van der Waals surface area contributed by atoms with Gasteiger partial charge in [-0.2, -0.15) is 0 Å². The topological polar surface area (TPSA) is 50.4 Å². The first-order valence-corrected chi connectivity index (χ1v) is 7.00. The van der Waals surface area contributed by atoms with Gasteiger partial charge in [-0.3, -0.25) is 4.79 Å². The van der Waals surface area contributed by atoms with Crippen LogP contribution >= 0.6 is 12.4 Å². The number of halogens is 1. The molecule has 0 saturated carbocycles. The number of amides is 1. The summed E-state index contributed by atoms with van der Waals surface area (Å²) in [6.07, 6.45) is 0. The summed E-state index contributed by atoms with van der Waals surface area (Å²) in [5.41, 5.74) is 2.45. The second-order valence-corrected chi connectivity index (χ2v) is 5.65. The van der Waals surface area contributed by atoms with E-state index in [0.29, 0.717) is 26.2 Å². The lowest BCUT2D eigenvalue weighted by Gasteiger charge is -2.27. The number of nitrogens with one attached hydrogen (secondary N) is 2. The van der Waals surface area contributed by atoms with Crippen LogP contribution in [0, 0.1) is 6.92 Å². The maximum Gasteiger partial charge on any atom is 0.233 e. The maximum atomic E-state index is 11.8. The van der Waals surface area contributed by atoms with Gasteiger partial charge in [0.1, 0.15) is 0 Å². The molecule has 0 bridgehead atoms. The van der Waals surface area contributed by atoms with Gasteiger partial charge >= 0.3 is 0 Å². The number of carbonyl (C=O) groups is 1. The minimum Gasteiger partial charge on any atom is -0.383 e. The minimum atomic E-state index is -0.0759. The van der Waals surface area contributed by atoms with E-state index >= 15 is 0 Å². The van der Waals surface area contributed by atoms with E-state index in [0.717, 1.165) is 0 Å². The van der Waals surface area contributed by atoms with Gasteiger partial charge in [0.25, 0.3) is 0 Å². The zero-order valence-electron chi connectivity index (χ0n) is 13.4. The fourth-order valence-corrected chi connectivity index (χ4v) is 2.19. The molecule has 0 heterocycles. The molecule has 0 aromatic heterocycles. The second kappa shape index (κ2) is 9.77. The van der Waals surface area contributed by atoms with Gasteiger partial charge in [-0.1, -0.05) is 38.1 Å². The number of rotatable bonds is 8. The molecule has 0 atom stereocenters. The third-order valence-corrected chi connectivity index (χ3v) is 3.37. The van der Waals surface area contributed by atoms with E-state index in [9.17, 15) is 4.79 Å². The lowest BCUT2D eigenvalue weighted by Crippen LogP contribution is -2.41. The van der Waals surface area contributed by atoms with E-state index in [-0.39, 0.29) is 23.7 Å². The Bertz CT molecular complexity index is 436. The van der Waals surface area contributed by atoms with Gasteiger partial charge in [-0.15, -0.1) is 12.4 Å². The first kappa shape index (κ1) is 19.9. The van der Waals surface area contributed by atoms with Crippen LogP contribution in [0.3, 0.4) is 0 Å². The van der Waals surface area contributed by atoms with E-state index in [1.54, 1.807) is 7.11 Å². The molecule has 1 aromatic carbocycles. The number of ether oxygens (including phenoxy) is 1. The molecule has 2 N–H and O–H groups in total. The van der Waals surface area contributed by atoms with Crippen molar-refractivity contribution in [1.29, 1.82) is 0 Å².